The summed E-state index contributed by atoms with van der Waals surface area (Å²) in [6.07, 6.45) is 4.50. The molecule has 110 valence electrons. The fourth-order valence-corrected chi connectivity index (χ4v) is 2.53. The van der Waals surface area contributed by atoms with Gasteiger partial charge in [-0.05, 0) is 48.8 Å². The van der Waals surface area contributed by atoms with E-state index in [1.807, 2.05) is 6.92 Å². The van der Waals surface area contributed by atoms with Crippen LogP contribution in [0.3, 0.4) is 0 Å². The molecule has 2 N–H and O–H groups in total. The van der Waals surface area contributed by atoms with Crippen molar-refractivity contribution < 1.29 is 14.7 Å². The Morgan fingerprint density at radius 1 is 1.35 bits per heavy atom. The number of carbonyl (C=O) groups excluding carboxylic acids is 1. The van der Waals surface area contributed by atoms with Crippen LogP contribution in [0.25, 0.3) is 6.08 Å². The van der Waals surface area contributed by atoms with Gasteiger partial charge in [0.15, 0.2) is 0 Å². The quantitative estimate of drug-likeness (QED) is 0.758. The Bertz CT molecular complexity index is 491. The van der Waals surface area contributed by atoms with Gasteiger partial charge in [-0.3, -0.25) is 4.79 Å². The van der Waals surface area contributed by atoms with Gasteiger partial charge in [0.2, 0.25) is 0 Å². The highest BCUT2D eigenvalue weighted by Gasteiger charge is 2.14. The molecule has 0 fully saturated rings. The first kappa shape index (κ1) is 16.4. The van der Waals surface area contributed by atoms with Crippen molar-refractivity contribution in [1.82, 2.24) is 5.32 Å². The molecule has 1 aromatic rings. The molecule has 1 rings (SSSR count). The second kappa shape index (κ2) is 7.85. The lowest BCUT2D eigenvalue weighted by Gasteiger charge is -2.14. The normalized spacial score (nSPS) is 12.8. The topological polar surface area (TPSA) is 66.4 Å². The molecule has 1 unspecified atom stereocenters. The molecule has 1 amide bonds. The molecule has 0 spiro atoms. The molecule has 0 bridgehead atoms. The smallest absolute Gasteiger partial charge is 0.328 e. The summed E-state index contributed by atoms with van der Waals surface area (Å²) in [5.74, 6) is -0.542. The van der Waals surface area contributed by atoms with Gasteiger partial charge in [0.05, 0.1) is 4.88 Å². The monoisotopic (exact) mass is 295 g/mol. The Balaban J connectivity index is 2.64. The van der Waals surface area contributed by atoms with Crippen molar-refractivity contribution in [2.24, 2.45) is 5.92 Å². The number of amides is 1. The third-order valence-electron chi connectivity index (χ3n) is 2.86. The number of carbonyl (C=O) groups is 2. The zero-order valence-corrected chi connectivity index (χ0v) is 12.9. The van der Waals surface area contributed by atoms with E-state index < -0.39 is 5.97 Å². The predicted molar refractivity (Wildman–Crippen MR) is 82.0 cm³/mol. The number of rotatable bonds is 7. The summed E-state index contributed by atoms with van der Waals surface area (Å²) in [5, 5.41) is 13.4. The molecule has 0 aliphatic carbocycles. The molecule has 4 nitrogen and oxygen atoms in total. The second-order valence-electron chi connectivity index (χ2n) is 5.22. The van der Waals surface area contributed by atoms with Crippen LogP contribution < -0.4 is 5.32 Å². The Morgan fingerprint density at radius 2 is 2.05 bits per heavy atom. The highest BCUT2D eigenvalue weighted by atomic mass is 32.1. The standard InChI is InChI=1S/C15H21NO3S/c1-10(2)4-5-11(3)16-15(19)14-12(8-9-20-14)6-7-13(17)18/h6-11H,4-5H2,1-3H3,(H,16,19)(H,17,18). The molecule has 0 aliphatic rings. The maximum Gasteiger partial charge on any atom is 0.328 e. The zero-order valence-electron chi connectivity index (χ0n) is 12.1. The van der Waals surface area contributed by atoms with Crippen LogP contribution in [0.15, 0.2) is 17.5 Å². The van der Waals surface area contributed by atoms with Crippen LogP contribution in [-0.4, -0.2) is 23.0 Å². The zero-order chi connectivity index (χ0) is 15.1. The summed E-state index contributed by atoms with van der Waals surface area (Å²) in [6, 6.07) is 1.86. The minimum absolute atomic E-state index is 0.114. The molecule has 1 atom stereocenters. The molecular weight excluding hydrogens is 274 g/mol. The molecule has 1 heterocycles. The molecule has 0 saturated carbocycles. The Kier molecular flexibility index (Phi) is 6.45. The van der Waals surface area contributed by atoms with E-state index in [0.717, 1.165) is 18.9 Å². The van der Waals surface area contributed by atoms with E-state index in [1.54, 1.807) is 11.4 Å². The lowest BCUT2D eigenvalue weighted by Crippen LogP contribution is -2.32. The maximum atomic E-state index is 12.1. The number of carboxylic acids is 1. The predicted octanol–water partition coefficient (Wildman–Crippen LogP) is 3.40. The lowest BCUT2D eigenvalue weighted by atomic mass is 10.0. The van der Waals surface area contributed by atoms with E-state index in [1.165, 1.54) is 17.4 Å². The van der Waals surface area contributed by atoms with E-state index in [9.17, 15) is 9.59 Å². The number of hydrogen-bond donors (Lipinski definition) is 2. The Morgan fingerprint density at radius 3 is 2.65 bits per heavy atom. The number of thiophene rings is 1. The van der Waals surface area contributed by atoms with Crippen LogP contribution in [0.1, 0.15) is 48.8 Å². The van der Waals surface area contributed by atoms with Crippen LogP contribution >= 0.6 is 11.3 Å². The van der Waals surface area contributed by atoms with Gasteiger partial charge in [-0.1, -0.05) is 13.8 Å². The van der Waals surface area contributed by atoms with Gasteiger partial charge in [0, 0.05) is 12.1 Å². The Hall–Kier alpha value is -1.62. The first-order valence-corrected chi connectivity index (χ1v) is 7.57. The van der Waals surface area contributed by atoms with E-state index in [0.29, 0.717) is 16.4 Å². The van der Waals surface area contributed by atoms with E-state index >= 15 is 0 Å². The van der Waals surface area contributed by atoms with E-state index in [4.69, 9.17) is 5.11 Å². The highest BCUT2D eigenvalue weighted by molar-refractivity contribution is 7.12. The molecule has 5 heteroatoms. The Labute approximate surface area is 123 Å². The molecule has 0 saturated heterocycles. The van der Waals surface area contributed by atoms with Crippen molar-refractivity contribution in [3.63, 3.8) is 0 Å². The van der Waals surface area contributed by atoms with Gasteiger partial charge < -0.3 is 10.4 Å². The van der Waals surface area contributed by atoms with Crippen molar-refractivity contribution in [1.29, 1.82) is 0 Å². The van der Waals surface area contributed by atoms with Crippen molar-refractivity contribution >= 4 is 29.3 Å². The number of carboxylic acid groups (broad SMARTS) is 1. The van der Waals surface area contributed by atoms with Crippen LogP contribution in [-0.2, 0) is 4.79 Å². The molecule has 0 aromatic carbocycles. The van der Waals surface area contributed by atoms with Gasteiger partial charge in [-0.2, -0.15) is 0 Å². The fraction of sp³-hybridized carbons (Fsp3) is 0.467. The summed E-state index contributed by atoms with van der Waals surface area (Å²) < 4.78 is 0. The van der Waals surface area contributed by atoms with Crippen LogP contribution in [0.4, 0.5) is 0 Å². The van der Waals surface area contributed by atoms with Gasteiger partial charge in [0.1, 0.15) is 0 Å². The van der Waals surface area contributed by atoms with Crippen LogP contribution in [0.2, 0.25) is 0 Å². The minimum Gasteiger partial charge on any atom is -0.478 e. The maximum absolute atomic E-state index is 12.1. The third kappa shape index (κ3) is 5.57. The molecule has 0 radical (unpaired) electrons. The first-order valence-electron chi connectivity index (χ1n) is 6.69. The molecule has 1 aromatic heterocycles. The summed E-state index contributed by atoms with van der Waals surface area (Å²) in [6.45, 7) is 6.30. The number of nitrogens with one attached hydrogen (secondary N) is 1. The largest absolute Gasteiger partial charge is 0.478 e. The van der Waals surface area contributed by atoms with Crippen LogP contribution in [0.5, 0.6) is 0 Å². The molecule has 0 aliphatic heterocycles. The summed E-state index contributed by atoms with van der Waals surface area (Å²) >= 11 is 1.32. The average Bonchev–Trinajstić information content (AvgIpc) is 2.82. The van der Waals surface area contributed by atoms with Gasteiger partial charge >= 0.3 is 5.97 Å². The fourth-order valence-electron chi connectivity index (χ4n) is 1.74. The molecular formula is C15H21NO3S. The number of hydrogen-bond acceptors (Lipinski definition) is 3. The first-order chi connectivity index (χ1) is 9.40. The highest BCUT2D eigenvalue weighted by Crippen LogP contribution is 2.19. The van der Waals surface area contributed by atoms with Crippen molar-refractivity contribution in [3.05, 3.63) is 28.0 Å². The van der Waals surface area contributed by atoms with E-state index in [-0.39, 0.29) is 11.9 Å². The average molecular weight is 295 g/mol. The SMILES string of the molecule is CC(C)CCC(C)NC(=O)c1sccc1C=CC(=O)O. The summed E-state index contributed by atoms with van der Waals surface area (Å²) in [5.41, 5.74) is 0.644. The number of aliphatic carboxylic acids is 1. The third-order valence-corrected chi connectivity index (χ3v) is 3.79. The summed E-state index contributed by atoms with van der Waals surface area (Å²) in [4.78, 5) is 23.2. The summed E-state index contributed by atoms with van der Waals surface area (Å²) in [7, 11) is 0. The van der Waals surface area contributed by atoms with E-state index in [2.05, 4.69) is 19.2 Å². The van der Waals surface area contributed by atoms with Gasteiger partial charge in [-0.25, -0.2) is 4.79 Å². The second-order valence-corrected chi connectivity index (χ2v) is 6.14. The van der Waals surface area contributed by atoms with Crippen molar-refractivity contribution in [3.8, 4) is 0 Å². The minimum atomic E-state index is -1.02. The van der Waals surface area contributed by atoms with Crippen molar-refractivity contribution in [2.45, 2.75) is 39.7 Å². The van der Waals surface area contributed by atoms with Crippen LogP contribution in [0, 0.1) is 5.92 Å². The van der Waals surface area contributed by atoms with Gasteiger partial charge in [-0.15, -0.1) is 11.3 Å². The molecule has 20 heavy (non-hydrogen) atoms. The van der Waals surface area contributed by atoms with Crippen molar-refractivity contribution in [2.75, 3.05) is 0 Å². The lowest BCUT2D eigenvalue weighted by molar-refractivity contribution is -0.131. The van der Waals surface area contributed by atoms with Gasteiger partial charge in [0.25, 0.3) is 5.91 Å².